The van der Waals surface area contributed by atoms with Crippen LogP contribution in [0.1, 0.15) is 24.2 Å². The number of pyridine rings is 1. The highest BCUT2D eigenvalue weighted by Gasteiger charge is 2.15. The summed E-state index contributed by atoms with van der Waals surface area (Å²) in [6.07, 6.45) is 3.69. The van der Waals surface area contributed by atoms with Crippen molar-refractivity contribution in [2.75, 3.05) is 6.54 Å². The second kappa shape index (κ2) is 3.91. The van der Waals surface area contributed by atoms with Crippen LogP contribution < -0.4 is 5.32 Å². The second-order valence-corrected chi connectivity index (χ2v) is 4.68. The van der Waals surface area contributed by atoms with Crippen LogP contribution in [0.15, 0.2) is 18.2 Å². The van der Waals surface area contributed by atoms with Crippen LogP contribution >= 0.6 is 0 Å². The predicted octanol–water partition coefficient (Wildman–Crippen LogP) is 2.17. The molecule has 3 nitrogen and oxygen atoms in total. The van der Waals surface area contributed by atoms with Crippen LogP contribution in [0, 0.1) is 6.92 Å². The van der Waals surface area contributed by atoms with E-state index in [9.17, 15) is 0 Å². The van der Waals surface area contributed by atoms with E-state index in [0.717, 1.165) is 23.1 Å². The average molecular weight is 215 g/mol. The van der Waals surface area contributed by atoms with Crippen LogP contribution in [-0.2, 0) is 6.42 Å². The Bertz CT molecular complexity index is 495. The molecule has 84 valence electrons. The van der Waals surface area contributed by atoms with Gasteiger partial charge >= 0.3 is 0 Å². The molecule has 2 aromatic rings. The molecule has 1 fully saturated rings. The minimum atomic E-state index is 0.647. The van der Waals surface area contributed by atoms with Gasteiger partial charge in [-0.2, -0.15) is 0 Å². The standard InChI is InChI=1S/C13H17N3/c1-9-4-5-12-13(15-9)8-11(16-12)7-10-3-2-6-14-10/h4-5,8,10,14,16H,2-3,6-7H2,1H3/t10-/m1/s1. The maximum absolute atomic E-state index is 4.52. The van der Waals surface area contributed by atoms with Gasteiger partial charge in [0.05, 0.1) is 11.0 Å². The summed E-state index contributed by atoms with van der Waals surface area (Å²) in [7, 11) is 0. The number of aromatic amines is 1. The van der Waals surface area contributed by atoms with Gasteiger partial charge in [0.15, 0.2) is 0 Å². The second-order valence-electron chi connectivity index (χ2n) is 4.68. The van der Waals surface area contributed by atoms with Gasteiger partial charge in [0.1, 0.15) is 0 Å². The van der Waals surface area contributed by atoms with Crippen LogP contribution in [0.5, 0.6) is 0 Å². The number of fused-ring (bicyclic) bond motifs is 1. The normalized spacial score (nSPS) is 20.7. The van der Waals surface area contributed by atoms with Crippen molar-refractivity contribution in [2.24, 2.45) is 0 Å². The summed E-state index contributed by atoms with van der Waals surface area (Å²) in [6, 6.07) is 7.00. The highest BCUT2D eigenvalue weighted by molar-refractivity contribution is 5.76. The summed E-state index contributed by atoms with van der Waals surface area (Å²) in [5, 5.41) is 3.52. The van der Waals surface area contributed by atoms with Crippen LogP contribution in [-0.4, -0.2) is 22.6 Å². The SMILES string of the molecule is Cc1ccc2[nH]c(C[C@H]3CCCN3)cc2n1. The molecule has 0 unspecified atom stereocenters. The predicted molar refractivity (Wildman–Crippen MR) is 65.6 cm³/mol. The van der Waals surface area contributed by atoms with Crippen molar-refractivity contribution in [3.8, 4) is 0 Å². The van der Waals surface area contributed by atoms with Gasteiger partial charge in [-0.05, 0) is 44.5 Å². The summed E-state index contributed by atoms with van der Waals surface area (Å²) in [5.74, 6) is 0. The molecule has 2 aromatic heterocycles. The fourth-order valence-electron chi connectivity index (χ4n) is 2.47. The van der Waals surface area contributed by atoms with E-state index < -0.39 is 0 Å². The number of rotatable bonds is 2. The molecular weight excluding hydrogens is 198 g/mol. The number of nitrogens with one attached hydrogen (secondary N) is 2. The van der Waals surface area contributed by atoms with Gasteiger partial charge in [-0.15, -0.1) is 0 Å². The maximum atomic E-state index is 4.52. The van der Waals surface area contributed by atoms with Crippen molar-refractivity contribution in [3.05, 3.63) is 29.6 Å². The molecule has 0 bridgehead atoms. The van der Waals surface area contributed by atoms with E-state index in [1.54, 1.807) is 0 Å². The van der Waals surface area contributed by atoms with Gasteiger partial charge in [0, 0.05) is 23.9 Å². The number of aryl methyl sites for hydroxylation is 1. The van der Waals surface area contributed by atoms with E-state index >= 15 is 0 Å². The molecule has 16 heavy (non-hydrogen) atoms. The summed E-state index contributed by atoms with van der Waals surface area (Å²) < 4.78 is 0. The van der Waals surface area contributed by atoms with Crippen LogP contribution in [0.3, 0.4) is 0 Å². The Labute approximate surface area is 95.3 Å². The molecule has 0 spiro atoms. The lowest BCUT2D eigenvalue weighted by Crippen LogP contribution is -2.23. The van der Waals surface area contributed by atoms with Crippen molar-refractivity contribution in [3.63, 3.8) is 0 Å². The van der Waals surface area contributed by atoms with Gasteiger partial charge in [-0.3, -0.25) is 4.98 Å². The first-order valence-electron chi connectivity index (χ1n) is 6.00. The number of aromatic nitrogens is 2. The molecule has 0 saturated carbocycles. The topological polar surface area (TPSA) is 40.7 Å². The van der Waals surface area contributed by atoms with E-state index in [0.29, 0.717) is 6.04 Å². The lowest BCUT2D eigenvalue weighted by Gasteiger charge is -2.07. The summed E-state index contributed by atoms with van der Waals surface area (Å²) in [5.41, 5.74) is 4.62. The van der Waals surface area contributed by atoms with Gasteiger partial charge in [0.25, 0.3) is 0 Å². The fraction of sp³-hybridized carbons (Fsp3) is 0.462. The van der Waals surface area contributed by atoms with Crippen molar-refractivity contribution >= 4 is 11.0 Å². The zero-order valence-corrected chi connectivity index (χ0v) is 9.59. The monoisotopic (exact) mass is 215 g/mol. The Morgan fingerprint density at radius 2 is 2.38 bits per heavy atom. The Kier molecular flexibility index (Phi) is 2.40. The van der Waals surface area contributed by atoms with Crippen molar-refractivity contribution < 1.29 is 0 Å². The van der Waals surface area contributed by atoms with E-state index in [1.807, 2.05) is 6.92 Å². The van der Waals surface area contributed by atoms with E-state index in [2.05, 4.69) is 33.5 Å². The van der Waals surface area contributed by atoms with Crippen molar-refractivity contribution in [1.82, 2.24) is 15.3 Å². The van der Waals surface area contributed by atoms with Gasteiger partial charge < -0.3 is 10.3 Å². The number of hydrogen-bond donors (Lipinski definition) is 2. The highest BCUT2D eigenvalue weighted by Crippen LogP contribution is 2.17. The maximum Gasteiger partial charge on any atom is 0.0884 e. The Hall–Kier alpha value is -1.35. The van der Waals surface area contributed by atoms with Crippen LogP contribution in [0.25, 0.3) is 11.0 Å². The molecule has 3 heteroatoms. The number of hydrogen-bond acceptors (Lipinski definition) is 2. The highest BCUT2D eigenvalue weighted by atomic mass is 14.9. The van der Waals surface area contributed by atoms with E-state index in [-0.39, 0.29) is 0 Å². The largest absolute Gasteiger partial charge is 0.357 e. The molecule has 1 aliphatic heterocycles. The first kappa shape index (κ1) is 9.85. The molecule has 0 aromatic carbocycles. The van der Waals surface area contributed by atoms with E-state index in [4.69, 9.17) is 0 Å². The zero-order chi connectivity index (χ0) is 11.0. The molecule has 1 saturated heterocycles. The molecule has 0 radical (unpaired) electrons. The van der Waals surface area contributed by atoms with Gasteiger partial charge in [0.2, 0.25) is 0 Å². The first-order chi connectivity index (χ1) is 7.81. The molecule has 1 aliphatic rings. The molecule has 3 heterocycles. The van der Waals surface area contributed by atoms with E-state index in [1.165, 1.54) is 25.1 Å². The molecule has 0 amide bonds. The van der Waals surface area contributed by atoms with Gasteiger partial charge in [-0.25, -0.2) is 0 Å². The molecule has 2 N–H and O–H groups in total. The lowest BCUT2D eigenvalue weighted by molar-refractivity contribution is 0.597. The minimum absolute atomic E-state index is 0.647. The Morgan fingerprint density at radius 1 is 1.44 bits per heavy atom. The molecular formula is C13H17N3. The average Bonchev–Trinajstić information content (AvgIpc) is 2.86. The van der Waals surface area contributed by atoms with Crippen molar-refractivity contribution in [1.29, 1.82) is 0 Å². The third kappa shape index (κ3) is 1.83. The Morgan fingerprint density at radius 3 is 3.19 bits per heavy atom. The third-order valence-corrected chi connectivity index (χ3v) is 3.30. The third-order valence-electron chi connectivity index (χ3n) is 3.30. The summed E-state index contributed by atoms with van der Waals surface area (Å²) in [6.45, 7) is 3.20. The smallest absolute Gasteiger partial charge is 0.0884 e. The number of nitrogens with zero attached hydrogens (tertiary/aromatic N) is 1. The van der Waals surface area contributed by atoms with Crippen LogP contribution in [0.2, 0.25) is 0 Å². The fourth-order valence-corrected chi connectivity index (χ4v) is 2.47. The first-order valence-corrected chi connectivity index (χ1v) is 6.00. The molecule has 1 atom stereocenters. The summed E-state index contributed by atoms with van der Waals surface area (Å²) in [4.78, 5) is 7.97. The molecule has 0 aliphatic carbocycles. The molecule has 3 rings (SSSR count). The Balaban J connectivity index is 1.86. The van der Waals surface area contributed by atoms with Crippen molar-refractivity contribution in [2.45, 2.75) is 32.2 Å². The quantitative estimate of drug-likeness (QED) is 0.806. The lowest BCUT2D eigenvalue weighted by atomic mass is 10.1. The van der Waals surface area contributed by atoms with Gasteiger partial charge in [-0.1, -0.05) is 0 Å². The number of H-pyrrole nitrogens is 1. The summed E-state index contributed by atoms with van der Waals surface area (Å²) >= 11 is 0. The van der Waals surface area contributed by atoms with Crippen LogP contribution in [0.4, 0.5) is 0 Å². The zero-order valence-electron chi connectivity index (χ0n) is 9.59. The minimum Gasteiger partial charge on any atom is -0.357 e.